The fourth-order valence-electron chi connectivity index (χ4n) is 2.65. The van der Waals surface area contributed by atoms with Crippen molar-refractivity contribution in [3.63, 3.8) is 0 Å². The third kappa shape index (κ3) is 1.74. The van der Waals surface area contributed by atoms with E-state index >= 15 is 0 Å². The standard InChI is InChI=1S/C13H16N2O.ClH/c1-9(14)12(16)15-8-13(6-7-13)10-4-2-3-5-11(10)15;/h2-5,9H,6-8,14H2,1H3;1H/t9-;/m0./s1. The van der Waals surface area contributed by atoms with Gasteiger partial charge in [0.25, 0.3) is 0 Å². The number of halogens is 1. The number of nitrogens with zero attached hydrogens (tertiary/aromatic N) is 1. The van der Waals surface area contributed by atoms with Crippen LogP contribution in [0.25, 0.3) is 0 Å². The van der Waals surface area contributed by atoms with Gasteiger partial charge in [0.2, 0.25) is 5.91 Å². The average molecular weight is 253 g/mol. The van der Waals surface area contributed by atoms with Gasteiger partial charge in [-0.05, 0) is 31.4 Å². The van der Waals surface area contributed by atoms with Crippen molar-refractivity contribution >= 4 is 24.0 Å². The number of rotatable bonds is 1. The van der Waals surface area contributed by atoms with E-state index in [1.165, 1.54) is 18.4 Å². The lowest BCUT2D eigenvalue weighted by Crippen LogP contribution is -2.42. The van der Waals surface area contributed by atoms with E-state index in [-0.39, 0.29) is 23.7 Å². The quantitative estimate of drug-likeness (QED) is 0.829. The highest BCUT2D eigenvalue weighted by atomic mass is 35.5. The third-order valence-corrected chi connectivity index (χ3v) is 3.74. The maximum Gasteiger partial charge on any atom is 0.243 e. The highest BCUT2D eigenvalue weighted by Gasteiger charge is 2.52. The lowest BCUT2D eigenvalue weighted by Gasteiger charge is -2.19. The van der Waals surface area contributed by atoms with Gasteiger partial charge in [-0.15, -0.1) is 12.4 Å². The first kappa shape index (κ1) is 12.4. The first-order valence-electron chi connectivity index (χ1n) is 5.80. The van der Waals surface area contributed by atoms with Crippen molar-refractivity contribution in [1.82, 2.24) is 0 Å². The smallest absolute Gasteiger partial charge is 0.243 e. The first-order chi connectivity index (χ1) is 7.64. The monoisotopic (exact) mass is 252 g/mol. The molecule has 92 valence electrons. The zero-order valence-electron chi connectivity index (χ0n) is 9.85. The van der Waals surface area contributed by atoms with Gasteiger partial charge in [-0.1, -0.05) is 18.2 Å². The second-order valence-electron chi connectivity index (χ2n) is 5.01. The van der Waals surface area contributed by atoms with Crippen LogP contribution in [0.1, 0.15) is 25.3 Å². The number of nitrogens with two attached hydrogens (primary N) is 1. The molecule has 1 aromatic rings. The Labute approximate surface area is 107 Å². The van der Waals surface area contributed by atoms with Gasteiger partial charge in [-0.3, -0.25) is 4.79 Å². The minimum atomic E-state index is -0.415. The van der Waals surface area contributed by atoms with Gasteiger partial charge in [-0.2, -0.15) is 0 Å². The molecule has 1 aliphatic carbocycles. The minimum Gasteiger partial charge on any atom is -0.320 e. The van der Waals surface area contributed by atoms with E-state index in [0.717, 1.165) is 12.2 Å². The number of carbonyl (C=O) groups excluding carboxylic acids is 1. The van der Waals surface area contributed by atoms with Crippen LogP contribution in [-0.2, 0) is 10.2 Å². The molecule has 2 aliphatic rings. The molecule has 1 amide bonds. The topological polar surface area (TPSA) is 46.3 Å². The molecule has 1 fully saturated rings. The lowest BCUT2D eigenvalue weighted by molar-refractivity contribution is -0.119. The molecule has 3 rings (SSSR count). The van der Waals surface area contributed by atoms with Gasteiger partial charge in [0.05, 0.1) is 6.04 Å². The predicted octanol–water partition coefficient (Wildman–Crippen LogP) is 1.83. The second-order valence-corrected chi connectivity index (χ2v) is 5.01. The molecule has 0 saturated heterocycles. The summed E-state index contributed by atoms with van der Waals surface area (Å²) in [5, 5.41) is 0. The fourth-order valence-corrected chi connectivity index (χ4v) is 2.65. The van der Waals surface area contributed by atoms with E-state index < -0.39 is 6.04 Å². The van der Waals surface area contributed by atoms with E-state index in [1.54, 1.807) is 6.92 Å². The van der Waals surface area contributed by atoms with Gasteiger partial charge in [0, 0.05) is 17.6 Å². The number of anilines is 1. The lowest BCUT2D eigenvalue weighted by atomic mass is 9.99. The minimum absolute atomic E-state index is 0. The van der Waals surface area contributed by atoms with Crippen LogP contribution in [0.3, 0.4) is 0 Å². The molecule has 0 bridgehead atoms. The maximum atomic E-state index is 12.0. The normalized spacial score (nSPS) is 20.7. The van der Waals surface area contributed by atoms with E-state index in [1.807, 2.05) is 17.0 Å². The van der Waals surface area contributed by atoms with Crippen molar-refractivity contribution in [3.05, 3.63) is 29.8 Å². The number of benzene rings is 1. The van der Waals surface area contributed by atoms with E-state index in [4.69, 9.17) is 5.73 Å². The van der Waals surface area contributed by atoms with Crippen LogP contribution in [0, 0.1) is 0 Å². The summed E-state index contributed by atoms with van der Waals surface area (Å²) in [6.07, 6.45) is 2.40. The summed E-state index contributed by atoms with van der Waals surface area (Å²) >= 11 is 0. The number of para-hydroxylation sites is 1. The van der Waals surface area contributed by atoms with Crippen LogP contribution in [0.4, 0.5) is 5.69 Å². The number of carbonyl (C=O) groups is 1. The summed E-state index contributed by atoms with van der Waals surface area (Å²) in [4.78, 5) is 13.9. The molecule has 1 aliphatic heterocycles. The Kier molecular flexibility index (Phi) is 2.92. The Morgan fingerprint density at radius 2 is 2.06 bits per heavy atom. The van der Waals surface area contributed by atoms with Gasteiger partial charge in [0.1, 0.15) is 0 Å². The number of hydrogen-bond donors (Lipinski definition) is 1. The summed E-state index contributed by atoms with van der Waals surface area (Å²) in [5.41, 5.74) is 8.36. The van der Waals surface area contributed by atoms with Crippen LogP contribution in [0.5, 0.6) is 0 Å². The fraction of sp³-hybridized carbons (Fsp3) is 0.462. The highest BCUT2D eigenvalue weighted by molar-refractivity contribution is 5.99. The molecule has 0 unspecified atom stereocenters. The molecule has 17 heavy (non-hydrogen) atoms. The van der Waals surface area contributed by atoms with Crippen molar-refractivity contribution in [3.8, 4) is 0 Å². The summed E-state index contributed by atoms with van der Waals surface area (Å²) in [6.45, 7) is 2.58. The third-order valence-electron chi connectivity index (χ3n) is 3.74. The highest BCUT2D eigenvalue weighted by Crippen LogP contribution is 2.56. The van der Waals surface area contributed by atoms with Crippen molar-refractivity contribution in [2.24, 2.45) is 5.73 Å². The van der Waals surface area contributed by atoms with E-state index in [2.05, 4.69) is 12.1 Å². The summed E-state index contributed by atoms with van der Waals surface area (Å²) in [5.74, 6) is 0.0382. The molecular weight excluding hydrogens is 236 g/mol. The van der Waals surface area contributed by atoms with Crippen LogP contribution in [0.2, 0.25) is 0 Å². The van der Waals surface area contributed by atoms with Crippen LogP contribution >= 0.6 is 12.4 Å². The Balaban J connectivity index is 0.00000108. The van der Waals surface area contributed by atoms with Crippen molar-refractivity contribution in [2.45, 2.75) is 31.2 Å². The maximum absolute atomic E-state index is 12.0. The number of fused-ring (bicyclic) bond motifs is 2. The van der Waals surface area contributed by atoms with E-state index in [0.29, 0.717) is 0 Å². The van der Waals surface area contributed by atoms with Crippen molar-refractivity contribution in [2.75, 3.05) is 11.4 Å². The molecule has 2 N–H and O–H groups in total. The van der Waals surface area contributed by atoms with Crippen molar-refractivity contribution < 1.29 is 4.79 Å². The van der Waals surface area contributed by atoms with Gasteiger partial charge < -0.3 is 10.6 Å². The largest absolute Gasteiger partial charge is 0.320 e. The molecular formula is C13H17ClN2O. The molecule has 4 heteroatoms. The Bertz CT molecular complexity index is 454. The summed E-state index contributed by atoms with van der Waals surface area (Å²) in [7, 11) is 0. The van der Waals surface area contributed by atoms with Crippen LogP contribution < -0.4 is 10.6 Å². The Morgan fingerprint density at radius 1 is 1.41 bits per heavy atom. The summed E-state index contributed by atoms with van der Waals surface area (Å²) < 4.78 is 0. The Morgan fingerprint density at radius 3 is 2.65 bits per heavy atom. The first-order valence-corrected chi connectivity index (χ1v) is 5.80. The molecule has 1 atom stereocenters. The van der Waals surface area contributed by atoms with Gasteiger partial charge >= 0.3 is 0 Å². The number of amides is 1. The van der Waals surface area contributed by atoms with Crippen molar-refractivity contribution in [1.29, 1.82) is 0 Å². The molecule has 0 radical (unpaired) electrons. The molecule has 1 saturated carbocycles. The molecule has 1 heterocycles. The average Bonchev–Trinajstić information content (AvgIpc) is 2.97. The molecule has 3 nitrogen and oxygen atoms in total. The second kappa shape index (κ2) is 4.00. The predicted molar refractivity (Wildman–Crippen MR) is 70.6 cm³/mol. The van der Waals surface area contributed by atoms with Gasteiger partial charge in [0.15, 0.2) is 0 Å². The number of hydrogen-bond acceptors (Lipinski definition) is 2. The molecule has 0 aromatic heterocycles. The van der Waals surface area contributed by atoms with E-state index in [9.17, 15) is 4.79 Å². The SMILES string of the molecule is C[C@H](N)C(=O)N1CC2(CC2)c2ccccc21.Cl. The molecule has 1 spiro atoms. The van der Waals surface area contributed by atoms with Crippen LogP contribution in [-0.4, -0.2) is 18.5 Å². The summed E-state index contributed by atoms with van der Waals surface area (Å²) in [6, 6.07) is 7.81. The zero-order chi connectivity index (χ0) is 11.3. The Hall–Kier alpha value is -1.06. The van der Waals surface area contributed by atoms with Crippen LogP contribution in [0.15, 0.2) is 24.3 Å². The zero-order valence-corrected chi connectivity index (χ0v) is 10.7. The molecule has 1 aromatic carbocycles. The van der Waals surface area contributed by atoms with Gasteiger partial charge in [-0.25, -0.2) is 0 Å².